The molecular formula is C17H26N2O3S. The van der Waals surface area contributed by atoms with Gasteiger partial charge in [0, 0.05) is 13.1 Å². The number of carbonyl (C=O) groups is 2. The molecule has 1 saturated heterocycles. The molecule has 128 valence electrons. The zero-order valence-electron chi connectivity index (χ0n) is 13.8. The summed E-state index contributed by atoms with van der Waals surface area (Å²) in [6, 6.07) is 3.21. The maximum Gasteiger partial charge on any atom is 0.264 e. The summed E-state index contributed by atoms with van der Waals surface area (Å²) >= 11 is 1.40. The number of rotatable bonds is 7. The lowest BCUT2D eigenvalue weighted by molar-refractivity contribution is -0.125. The van der Waals surface area contributed by atoms with E-state index in [1.807, 2.05) is 25.3 Å². The first-order valence-corrected chi connectivity index (χ1v) is 9.26. The molecule has 2 amide bonds. The van der Waals surface area contributed by atoms with Gasteiger partial charge >= 0.3 is 0 Å². The third-order valence-electron chi connectivity index (χ3n) is 4.63. The van der Waals surface area contributed by atoms with E-state index in [0.29, 0.717) is 17.8 Å². The molecule has 1 aliphatic heterocycles. The second-order valence-corrected chi connectivity index (χ2v) is 6.97. The average molecular weight is 338 g/mol. The Bertz CT molecular complexity index is 514. The summed E-state index contributed by atoms with van der Waals surface area (Å²) in [4.78, 5) is 27.2. The van der Waals surface area contributed by atoms with Gasteiger partial charge in [-0.1, -0.05) is 32.8 Å². The molecule has 1 aliphatic rings. The Morgan fingerprint density at radius 1 is 1.43 bits per heavy atom. The number of aliphatic hydroxyl groups is 1. The number of nitrogens with one attached hydrogen (secondary N) is 1. The molecule has 2 atom stereocenters. The second-order valence-electron chi connectivity index (χ2n) is 6.02. The molecule has 1 fully saturated rings. The van der Waals surface area contributed by atoms with Crippen molar-refractivity contribution in [3.63, 3.8) is 0 Å². The Kier molecular flexibility index (Phi) is 6.59. The van der Waals surface area contributed by atoms with E-state index in [0.717, 1.165) is 19.3 Å². The Hall–Kier alpha value is -1.40. The van der Waals surface area contributed by atoms with E-state index in [2.05, 4.69) is 5.32 Å². The smallest absolute Gasteiger partial charge is 0.264 e. The van der Waals surface area contributed by atoms with Crippen molar-refractivity contribution >= 4 is 23.2 Å². The maximum absolute atomic E-state index is 12.5. The molecule has 2 rings (SSSR count). The molecule has 0 aliphatic carbocycles. The zero-order valence-corrected chi connectivity index (χ0v) is 14.6. The number of hydrogen-bond donors (Lipinski definition) is 2. The zero-order chi connectivity index (χ0) is 16.8. The van der Waals surface area contributed by atoms with Crippen LogP contribution in [0.25, 0.3) is 0 Å². The predicted octanol–water partition coefficient (Wildman–Crippen LogP) is 2.27. The van der Waals surface area contributed by atoms with E-state index in [4.69, 9.17) is 0 Å². The van der Waals surface area contributed by atoms with E-state index in [9.17, 15) is 14.7 Å². The summed E-state index contributed by atoms with van der Waals surface area (Å²) in [5.74, 6) is -0.0293. The van der Waals surface area contributed by atoms with Gasteiger partial charge in [0.05, 0.1) is 11.0 Å². The van der Waals surface area contributed by atoms with Gasteiger partial charge in [0.25, 0.3) is 5.91 Å². The SMILES string of the molecule is CCC(CC)C(O)CNC(=O)[C@@H]1CCCN1C(=O)c1cccs1. The molecule has 0 bridgehead atoms. The van der Waals surface area contributed by atoms with E-state index >= 15 is 0 Å². The number of thiophene rings is 1. The highest BCUT2D eigenvalue weighted by molar-refractivity contribution is 7.12. The van der Waals surface area contributed by atoms with Crippen LogP contribution in [0.1, 0.15) is 49.2 Å². The molecule has 2 N–H and O–H groups in total. The highest BCUT2D eigenvalue weighted by atomic mass is 32.1. The summed E-state index contributed by atoms with van der Waals surface area (Å²) in [6.07, 6.45) is 2.77. The Labute approximate surface area is 141 Å². The normalized spacial score (nSPS) is 19.1. The number of amides is 2. The van der Waals surface area contributed by atoms with Crippen molar-refractivity contribution < 1.29 is 14.7 Å². The number of hydrogen-bond acceptors (Lipinski definition) is 4. The third-order valence-corrected chi connectivity index (χ3v) is 5.48. The van der Waals surface area contributed by atoms with Crippen LogP contribution in [0, 0.1) is 5.92 Å². The molecule has 1 aromatic heterocycles. The van der Waals surface area contributed by atoms with Gasteiger partial charge in [-0.3, -0.25) is 9.59 Å². The lowest BCUT2D eigenvalue weighted by Gasteiger charge is -2.25. The van der Waals surface area contributed by atoms with Crippen LogP contribution in [0.2, 0.25) is 0 Å². The lowest BCUT2D eigenvalue weighted by Crippen LogP contribution is -2.48. The predicted molar refractivity (Wildman–Crippen MR) is 91.5 cm³/mol. The molecule has 0 saturated carbocycles. The van der Waals surface area contributed by atoms with Crippen molar-refractivity contribution in [3.8, 4) is 0 Å². The maximum atomic E-state index is 12.5. The van der Waals surface area contributed by atoms with Crippen LogP contribution < -0.4 is 5.32 Å². The molecule has 5 nitrogen and oxygen atoms in total. The van der Waals surface area contributed by atoms with Gasteiger partial charge < -0.3 is 15.3 Å². The van der Waals surface area contributed by atoms with Crippen molar-refractivity contribution in [2.45, 2.75) is 51.7 Å². The largest absolute Gasteiger partial charge is 0.391 e. The summed E-state index contributed by atoms with van der Waals surface area (Å²) in [6.45, 7) is 4.95. The van der Waals surface area contributed by atoms with E-state index < -0.39 is 12.1 Å². The number of carbonyl (C=O) groups excluding carboxylic acids is 2. The van der Waals surface area contributed by atoms with Crippen molar-refractivity contribution in [1.82, 2.24) is 10.2 Å². The van der Waals surface area contributed by atoms with Gasteiger partial charge in [-0.15, -0.1) is 11.3 Å². The van der Waals surface area contributed by atoms with Crippen LogP contribution in [0.15, 0.2) is 17.5 Å². The Morgan fingerprint density at radius 2 is 2.17 bits per heavy atom. The van der Waals surface area contributed by atoms with Gasteiger partial charge in [0.15, 0.2) is 0 Å². The highest BCUT2D eigenvalue weighted by Gasteiger charge is 2.35. The minimum Gasteiger partial charge on any atom is -0.391 e. The molecule has 1 unspecified atom stereocenters. The van der Waals surface area contributed by atoms with Crippen LogP contribution in [-0.4, -0.2) is 47.1 Å². The molecule has 23 heavy (non-hydrogen) atoms. The monoisotopic (exact) mass is 338 g/mol. The molecule has 2 heterocycles. The lowest BCUT2D eigenvalue weighted by atomic mass is 9.96. The van der Waals surface area contributed by atoms with Crippen LogP contribution >= 0.6 is 11.3 Å². The first kappa shape index (κ1) is 17.9. The minimum atomic E-state index is -0.531. The first-order valence-electron chi connectivity index (χ1n) is 8.38. The van der Waals surface area contributed by atoms with Crippen molar-refractivity contribution in [1.29, 1.82) is 0 Å². The summed E-state index contributed by atoms with van der Waals surface area (Å²) in [5, 5.41) is 14.8. The fourth-order valence-corrected chi connectivity index (χ4v) is 3.83. The standard InChI is InChI=1S/C17H26N2O3S/c1-3-12(4-2)14(20)11-18-16(21)13-7-5-9-19(13)17(22)15-8-6-10-23-15/h6,8,10,12-14,20H,3-5,7,9,11H2,1-2H3,(H,18,21)/t13-,14?/m0/s1. The van der Waals surface area contributed by atoms with Gasteiger partial charge in [-0.05, 0) is 30.2 Å². The van der Waals surface area contributed by atoms with Gasteiger partial charge in [-0.25, -0.2) is 0 Å². The fraction of sp³-hybridized carbons (Fsp3) is 0.647. The van der Waals surface area contributed by atoms with E-state index in [1.54, 1.807) is 11.0 Å². The Balaban J connectivity index is 1.92. The summed E-state index contributed by atoms with van der Waals surface area (Å²) in [7, 11) is 0. The van der Waals surface area contributed by atoms with E-state index in [1.165, 1.54) is 11.3 Å². The summed E-state index contributed by atoms with van der Waals surface area (Å²) < 4.78 is 0. The third kappa shape index (κ3) is 4.32. The second kappa shape index (κ2) is 8.45. The first-order chi connectivity index (χ1) is 11.1. The van der Waals surface area contributed by atoms with Crippen molar-refractivity contribution in [2.24, 2.45) is 5.92 Å². The summed E-state index contributed by atoms with van der Waals surface area (Å²) in [5.41, 5.74) is 0. The van der Waals surface area contributed by atoms with Crippen LogP contribution in [-0.2, 0) is 4.79 Å². The van der Waals surface area contributed by atoms with Crippen molar-refractivity contribution in [2.75, 3.05) is 13.1 Å². The number of likely N-dealkylation sites (tertiary alicyclic amines) is 1. The fourth-order valence-electron chi connectivity index (χ4n) is 3.15. The van der Waals surface area contributed by atoms with Crippen LogP contribution in [0.5, 0.6) is 0 Å². The molecule has 6 heteroatoms. The highest BCUT2D eigenvalue weighted by Crippen LogP contribution is 2.22. The van der Waals surface area contributed by atoms with E-state index in [-0.39, 0.29) is 24.3 Å². The van der Waals surface area contributed by atoms with Gasteiger partial charge in [0.2, 0.25) is 5.91 Å². The quantitative estimate of drug-likeness (QED) is 0.801. The molecule has 0 aromatic carbocycles. The van der Waals surface area contributed by atoms with Crippen molar-refractivity contribution in [3.05, 3.63) is 22.4 Å². The minimum absolute atomic E-state index is 0.0711. The molecule has 0 spiro atoms. The molecule has 1 aromatic rings. The average Bonchev–Trinajstić information content (AvgIpc) is 3.24. The molecule has 0 radical (unpaired) electrons. The van der Waals surface area contributed by atoms with Crippen LogP contribution in [0.4, 0.5) is 0 Å². The van der Waals surface area contributed by atoms with Gasteiger partial charge in [0.1, 0.15) is 6.04 Å². The van der Waals surface area contributed by atoms with Crippen LogP contribution in [0.3, 0.4) is 0 Å². The molecular weight excluding hydrogens is 312 g/mol. The topological polar surface area (TPSA) is 69.6 Å². The number of nitrogens with zero attached hydrogens (tertiary/aromatic N) is 1. The number of aliphatic hydroxyl groups excluding tert-OH is 1. The van der Waals surface area contributed by atoms with Gasteiger partial charge in [-0.2, -0.15) is 0 Å². The Morgan fingerprint density at radius 3 is 2.78 bits per heavy atom.